The van der Waals surface area contributed by atoms with Crippen molar-refractivity contribution in [2.45, 2.75) is 31.3 Å². The van der Waals surface area contributed by atoms with Crippen LogP contribution in [-0.2, 0) is 0 Å². The van der Waals surface area contributed by atoms with Crippen molar-refractivity contribution in [1.29, 1.82) is 0 Å². The number of carbonyl (C=O) groups is 1. The van der Waals surface area contributed by atoms with E-state index in [2.05, 4.69) is 15.8 Å². The molecule has 0 radical (unpaired) electrons. The zero-order chi connectivity index (χ0) is 21.0. The number of pyridine rings is 1. The molecule has 1 aliphatic heterocycles. The number of hydrazine groups is 1. The van der Waals surface area contributed by atoms with Gasteiger partial charge in [-0.05, 0) is 37.0 Å². The van der Waals surface area contributed by atoms with Crippen molar-refractivity contribution >= 4 is 17.4 Å². The van der Waals surface area contributed by atoms with Crippen LogP contribution in [0.15, 0.2) is 36.5 Å². The predicted octanol–water partition coefficient (Wildman–Crippen LogP) is 2.05. The highest BCUT2D eigenvalue weighted by Crippen LogP contribution is 2.25. The SMILES string of the molecule is CN(CCCC1CC(c2ccc(F)cc2)NN1)c1ncc([N+](=O)[O-])cc1C(N)=O. The molecule has 1 aliphatic rings. The number of anilines is 1. The number of hydrogen-bond acceptors (Lipinski definition) is 7. The van der Waals surface area contributed by atoms with Crippen molar-refractivity contribution in [3.05, 3.63) is 63.6 Å². The molecule has 1 fully saturated rings. The number of primary amides is 1. The highest BCUT2D eigenvalue weighted by atomic mass is 19.1. The van der Waals surface area contributed by atoms with Gasteiger partial charge in [-0.15, -0.1) is 0 Å². The summed E-state index contributed by atoms with van der Waals surface area (Å²) in [4.78, 5) is 27.8. The molecule has 0 spiro atoms. The maximum absolute atomic E-state index is 13.1. The fourth-order valence-electron chi connectivity index (χ4n) is 3.44. The molecule has 10 heteroatoms. The molecular formula is C19H23FN6O3. The number of halogens is 1. The van der Waals surface area contributed by atoms with E-state index in [1.807, 2.05) is 0 Å². The Balaban J connectivity index is 1.54. The fraction of sp³-hybridized carbons (Fsp3) is 0.368. The van der Waals surface area contributed by atoms with Crippen LogP contribution in [0, 0.1) is 15.9 Å². The second-order valence-corrected chi connectivity index (χ2v) is 7.08. The van der Waals surface area contributed by atoms with Crippen LogP contribution in [0.3, 0.4) is 0 Å². The molecule has 4 N–H and O–H groups in total. The first kappa shape index (κ1) is 20.6. The Bertz CT molecular complexity index is 892. The van der Waals surface area contributed by atoms with Crippen molar-refractivity contribution in [2.24, 2.45) is 5.73 Å². The van der Waals surface area contributed by atoms with Gasteiger partial charge in [-0.25, -0.2) is 9.37 Å². The summed E-state index contributed by atoms with van der Waals surface area (Å²) in [7, 11) is 1.77. The standard InChI is InChI=1S/C19H23FN6O3/c1-25(19-16(18(21)27)10-15(11-22-19)26(28)29)8-2-3-14-9-17(24-23-14)12-4-6-13(20)7-5-12/h4-7,10-11,14,17,23-24H,2-3,8-9H2,1H3,(H2,21,27). The number of nitrogens with zero attached hydrogens (tertiary/aromatic N) is 3. The number of hydrogen-bond donors (Lipinski definition) is 3. The van der Waals surface area contributed by atoms with E-state index < -0.39 is 10.8 Å². The van der Waals surface area contributed by atoms with E-state index in [0.717, 1.165) is 37.1 Å². The Morgan fingerprint density at radius 2 is 2.10 bits per heavy atom. The summed E-state index contributed by atoms with van der Waals surface area (Å²) in [6.07, 6.45) is 3.67. The van der Waals surface area contributed by atoms with E-state index in [4.69, 9.17) is 5.73 Å². The van der Waals surface area contributed by atoms with Crippen molar-refractivity contribution < 1.29 is 14.1 Å². The Labute approximate surface area is 167 Å². The van der Waals surface area contributed by atoms with Gasteiger partial charge in [0.15, 0.2) is 0 Å². The average Bonchev–Trinajstić information content (AvgIpc) is 3.16. The first-order valence-electron chi connectivity index (χ1n) is 9.27. The van der Waals surface area contributed by atoms with Gasteiger partial charge < -0.3 is 10.6 Å². The van der Waals surface area contributed by atoms with Crippen molar-refractivity contribution in [3.63, 3.8) is 0 Å². The van der Waals surface area contributed by atoms with Gasteiger partial charge in [0.1, 0.15) is 17.8 Å². The highest BCUT2D eigenvalue weighted by Gasteiger charge is 2.25. The lowest BCUT2D eigenvalue weighted by atomic mass is 9.99. The molecule has 0 saturated carbocycles. The van der Waals surface area contributed by atoms with Gasteiger partial charge >= 0.3 is 0 Å². The molecule has 1 amide bonds. The molecule has 2 aromatic rings. The molecule has 3 rings (SSSR count). The predicted molar refractivity (Wildman–Crippen MR) is 106 cm³/mol. The Kier molecular flexibility index (Phi) is 6.35. The van der Waals surface area contributed by atoms with E-state index in [1.54, 1.807) is 24.1 Å². The summed E-state index contributed by atoms with van der Waals surface area (Å²) in [5, 5.41) is 10.9. The summed E-state index contributed by atoms with van der Waals surface area (Å²) in [5.41, 5.74) is 12.6. The lowest BCUT2D eigenvalue weighted by Gasteiger charge is -2.20. The smallest absolute Gasteiger partial charge is 0.288 e. The summed E-state index contributed by atoms with van der Waals surface area (Å²) >= 11 is 0. The number of carbonyl (C=O) groups excluding carboxylic acids is 1. The van der Waals surface area contributed by atoms with Gasteiger partial charge in [-0.2, -0.15) is 0 Å². The number of nitro groups is 1. The van der Waals surface area contributed by atoms with Crippen LogP contribution in [0.2, 0.25) is 0 Å². The largest absolute Gasteiger partial charge is 0.365 e. The summed E-state index contributed by atoms with van der Waals surface area (Å²) in [6, 6.07) is 7.97. The molecule has 9 nitrogen and oxygen atoms in total. The first-order valence-corrected chi connectivity index (χ1v) is 9.27. The van der Waals surface area contributed by atoms with Crippen LogP contribution < -0.4 is 21.5 Å². The van der Waals surface area contributed by atoms with Crippen LogP contribution >= 0.6 is 0 Å². The minimum absolute atomic E-state index is 0.0266. The molecule has 0 aliphatic carbocycles. The Morgan fingerprint density at radius 1 is 1.38 bits per heavy atom. The number of aromatic nitrogens is 1. The van der Waals surface area contributed by atoms with Crippen molar-refractivity contribution in [3.8, 4) is 0 Å². The third-order valence-electron chi connectivity index (χ3n) is 4.99. The molecule has 1 aromatic heterocycles. The maximum Gasteiger partial charge on any atom is 0.288 e. The molecular weight excluding hydrogens is 379 g/mol. The molecule has 29 heavy (non-hydrogen) atoms. The van der Waals surface area contributed by atoms with E-state index in [0.29, 0.717) is 12.4 Å². The lowest BCUT2D eigenvalue weighted by molar-refractivity contribution is -0.385. The van der Waals surface area contributed by atoms with Gasteiger partial charge in [0.25, 0.3) is 11.6 Å². The quantitative estimate of drug-likeness (QED) is 0.456. The number of nitrogens with one attached hydrogen (secondary N) is 2. The van der Waals surface area contributed by atoms with Gasteiger partial charge in [-0.3, -0.25) is 25.8 Å². The molecule has 0 bridgehead atoms. The molecule has 1 aromatic carbocycles. The number of rotatable bonds is 8. The minimum Gasteiger partial charge on any atom is -0.365 e. The molecule has 1 saturated heterocycles. The normalized spacial score (nSPS) is 18.6. The second-order valence-electron chi connectivity index (χ2n) is 7.08. The number of benzene rings is 1. The van der Waals surface area contributed by atoms with Crippen LogP contribution in [0.4, 0.5) is 15.9 Å². The second kappa shape index (κ2) is 8.93. The number of amides is 1. The fourth-order valence-corrected chi connectivity index (χ4v) is 3.44. The van der Waals surface area contributed by atoms with E-state index in [1.165, 1.54) is 12.1 Å². The van der Waals surface area contributed by atoms with E-state index in [9.17, 15) is 19.3 Å². The number of nitrogens with two attached hydrogens (primary N) is 1. The van der Waals surface area contributed by atoms with E-state index >= 15 is 0 Å². The zero-order valence-electron chi connectivity index (χ0n) is 16.0. The first-order chi connectivity index (χ1) is 13.8. The molecule has 2 heterocycles. The zero-order valence-corrected chi connectivity index (χ0v) is 16.0. The van der Waals surface area contributed by atoms with Crippen molar-refractivity contribution in [1.82, 2.24) is 15.8 Å². The van der Waals surface area contributed by atoms with E-state index in [-0.39, 0.29) is 29.2 Å². The Morgan fingerprint density at radius 3 is 2.76 bits per heavy atom. The third-order valence-corrected chi connectivity index (χ3v) is 4.99. The summed E-state index contributed by atoms with van der Waals surface area (Å²) < 4.78 is 13.1. The monoisotopic (exact) mass is 402 g/mol. The molecule has 154 valence electrons. The topological polar surface area (TPSA) is 126 Å². The van der Waals surface area contributed by atoms with Gasteiger partial charge in [0.05, 0.1) is 10.5 Å². The van der Waals surface area contributed by atoms with Crippen LogP contribution in [0.5, 0.6) is 0 Å². The van der Waals surface area contributed by atoms with Gasteiger partial charge in [0, 0.05) is 31.7 Å². The third kappa shape index (κ3) is 5.04. The average molecular weight is 402 g/mol. The van der Waals surface area contributed by atoms with Crippen molar-refractivity contribution in [2.75, 3.05) is 18.5 Å². The van der Waals surface area contributed by atoms with Gasteiger partial charge in [-0.1, -0.05) is 12.1 Å². The maximum atomic E-state index is 13.1. The Hall–Kier alpha value is -3.11. The van der Waals surface area contributed by atoms with Crippen LogP contribution in [0.1, 0.15) is 41.2 Å². The van der Waals surface area contributed by atoms with Gasteiger partial charge in [0.2, 0.25) is 0 Å². The van der Waals surface area contributed by atoms with Crippen LogP contribution in [-0.4, -0.2) is 35.4 Å². The minimum atomic E-state index is -0.758. The molecule has 2 atom stereocenters. The van der Waals surface area contributed by atoms with Crippen LogP contribution in [0.25, 0.3) is 0 Å². The highest BCUT2D eigenvalue weighted by molar-refractivity contribution is 5.98. The summed E-state index contributed by atoms with van der Waals surface area (Å²) in [6.45, 7) is 0.602. The summed E-state index contributed by atoms with van der Waals surface area (Å²) in [5.74, 6) is -0.689. The molecule has 2 unspecified atom stereocenters. The lowest BCUT2D eigenvalue weighted by Crippen LogP contribution is -2.32.